The summed E-state index contributed by atoms with van der Waals surface area (Å²) in [6, 6.07) is 26.3. The first-order valence-electron chi connectivity index (χ1n) is 10.5. The maximum atomic E-state index is 6.05. The summed E-state index contributed by atoms with van der Waals surface area (Å²) in [5.74, 6) is 0. The molecule has 0 atom stereocenters. The second kappa shape index (κ2) is 5.87. The topological polar surface area (TPSA) is 28.9 Å². The third kappa shape index (κ3) is 2.19. The molecule has 2 nitrogen and oxygen atoms in total. The van der Waals surface area contributed by atoms with E-state index in [4.69, 9.17) is 4.42 Å². The highest BCUT2D eigenvalue weighted by molar-refractivity contribution is 6.20. The van der Waals surface area contributed by atoms with Gasteiger partial charge in [-0.05, 0) is 71.1 Å². The van der Waals surface area contributed by atoms with Gasteiger partial charge in [0.15, 0.2) is 0 Å². The largest absolute Gasteiger partial charge is 0.456 e. The second-order valence-corrected chi connectivity index (χ2v) is 8.17. The Morgan fingerprint density at radius 2 is 1.50 bits per heavy atom. The van der Waals surface area contributed by atoms with Crippen molar-refractivity contribution in [2.45, 2.75) is 12.8 Å². The Balaban J connectivity index is 0.00000185. The number of nitrogens with one attached hydrogen (secondary N) is 1. The fraction of sp³-hybridized carbons (Fsp3) is 0.0714. The molecule has 2 heteroatoms. The number of H-pyrrole nitrogens is 1. The predicted molar refractivity (Wildman–Crippen MR) is 128 cm³/mol. The first-order chi connectivity index (χ1) is 14.8. The van der Waals surface area contributed by atoms with Crippen molar-refractivity contribution in [2.24, 2.45) is 0 Å². The van der Waals surface area contributed by atoms with Crippen LogP contribution in [-0.4, -0.2) is 4.98 Å². The molecule has 4 aromatic carbocycles. The Hall–Kier alpha value is -3.78. The summed E-state index contributed by atoms with van der Waals surface area (Å²) in [7, 11) is 0. The van der Waals surface area contributed by atoms with Crippen LogP contribution in [0.5, 0.6) is 0 Å². The molecule has 1 aliphatic rings. The number of hydrogen-bond acceptors (Lipinski definition) is 1. The van der Waals surface area contributed by atoms with Gasteiger partial charge in [-0.15, -0.1) is 0 Å². The summed E-state index contributed by atoms with van der Waals surface area (Å²) in [5.41, 5.74) is 6.80. The maximum absolute atomic E-state index is 6.05. The predicted octanol–water partition coefficient (Wildman–Crippen LogP) is 6.49. The minimum absolute atomic E-state index is 0. The van der Waals surface area contributed by atoms with Crippen molar-refractivity contribution in [2.75, 3.05) is 0 Å². The molecule has 0 fully saturated rings. The lowest BCUT2D eigenvalue weighted by molar-refractivity contribution is 0.572. The highest BCUT2D eigenvalue weighted by Crippen LogP contribution is 2.35. The minimum atomic E-state index is 0. The van der Waals surface area contributed by atoms with Gasteiger partial charge in [0.05, 0.1) is 0 Å². The van der Waals surface area contributed by atoms with Gasteiger partial charge in [0.2, 0.25) is 0 Å². The molecule has 0 aliphatic heterocycles. The van der Waals surface area contributed by atoms with Gasteiger partial charge in [-0.25, -0.2) is 0 Å². The Bertz CT molecular complexity index is 1750. The third-order valence-electron chi connectivity index (χ3n) is 6.42. The van der Waals surface area contributed by atoms with Crippen LogP contribution >= 0.6 is 0 Å². The number of aromatic amines is 1. The summed E-state index contributed by atoms with van der Waals surface area (Å²) in [6.07, 6.45) is 6.66. The van der Waals surface area contributed by atoms with Gasteiger partial charge in [0, 0.05) is 33.8 Å². The highest BCUT2D eigenvalue weighted by Gasteiger charge is 2.11. The van der Waals surface area contributed by atoms with Gasteiger partial charge in [-0.1, -0.05) is 48.5 Å². The van der Waals surface area contributed by atoms with Crippen LogP contribution in [0.1, 0.15) is 14.3 Å². The number of aromatic nitrogens is 1. The van der Waals surface area contributed by atoms with Crippen molar-refractivity contribution in [3.8, 4) is 11.1 Å². The van der Waals surface area contributed by atoms with E-state index in [0.717, 1.165) is 23.8 Å². The fourth-order valence-corrected chi connectivity index (χ4v) is 4.97. The zero-order valence-electron chi connectivity index (χ0n) is 16.4. The number of hydrogen-bond donors (Lipinski definition) is 1. The van der Waals surface area contributed by atoms with Crippen molar-refractivity contribution in [1.82, 2.24) is 4.98 Å². The van der Waals surface area contributed by atoms with E-state index < -0.39 is 0 Å². The van der Waals surface area contributed by atoms with Crippen molar-refractivity contribution in [1.29, 1.82) is 0 Å². The van der Waals surface area contributed by atoms with Crippen molar-refractivity contribution < 1.29 is 5.84 Å². The number of furan rings is 1. The molecule has 0 radical (unpaired) electrons. The molecule has 0 saturated carbocycles. The molecule has 30 heavy (non-hydrogen) atoms. The van der Waals surface area contributed by atoms with Crippen LogP contribution in [0.15, 0.2) is 77.2 Å². The zero-order chi connectivity index (χ0) is 19.7. The standard InChI is InChI=1S/C28H19NO.H2/c1-2-6-20-17(5-1)9-13-25-28(20)23-16-18(10-12-24(23)29-25)19-11-14-27-22(15-19)21-7-3-4-8-26(21)30-27;/h1-2,5-16,29H,3-4H2;1H. The van der Waals surface area contributed by atoms with E-state index >= 15 is 0 Å². The fourth-order valence-electron chi connectivity index (χ4n) is 4.97. The molecule has 1 aliphatic carbocycles. The van der Waals surface area contributed by atoms with Crippen LogP contribution in [0.4, 0.5) is 0 Å². The first kappa shape index (κ1) is 16.1. The quantitative estimate of drug-likeness (QED) is 0.343. The first-order valence-corrected chi connectivity index (χ1v) is 10.5. The molecule has 0 amide bonds. The van der Waals surface area contributed by atoms with Crippen molar-refractivity contribution >= 4 is 55.7 Å². The molecule has 2 heterocycles. The zero-order valence-corrected chi connectivity index (χ0v) is 16.4. The normalized spacial score (nSPS) is 13.6. The average molecular weight is 387 g/mol. The van der Waals surface area contributed by atoms with E-state index in [1.165, 1.54) is 54.3 Å². The molecule has 0 spiro atoms. The van der Waals surface area contributed by atoms with Crippen LogP contribution < -0.4 is 10.6 Å². The molecule has 0 bridgehead atoms. The van der Waals surface area contributed by atoms with E-state index in [0.29, 0.717) is 0 Å². The maximum Gasteiger partial charge on any atom is 0.135 e. The summed E-state index contributed by atoms with van der Waals surface area (Å²) in [5, 5.41) is 7.60. The Morgan fingerprint density at radius 3 is 2.47 bits per heavy atom. The molecule has 1 N–H and O–H groups in total. The third-order valence-corrected chi connectivity index (χ3v) is 6.42. The van der Waals surface area contributed by atoms with E-state index in [2.05, 4.69) is 89.9 Å². The van der Waals surface area contributed by atoms with Gasteiger partial charge < -0.3 is 9.40 Å². The SMILES string of the molecule is C1=c2oc3ccc(-c4ccc5[nH]c6ccc7ccccc7c6c5c4)cc3c2=CCC1.[HH]. The summed E-state index contributed by atoms with van der Waals surface area (Å²) in [4.78, 5) is 3.59. The summed E-state index contributed by atoms with van der Waals surface area (Å²) in [6.45, 7) is 0. The van der Waals surface area contributed by atoms with E-state index in [1.54, 1.807) is 0 Å². The number of benzene rings is 4. The smallest absolute Gasteiger partial charge is 0.135 e. The molecule has 2 aromatic heterocycles. The van der Waals surface area contributed by atoms with Crippen LogP contribution in [0.2, 0.25) is 0 Å². The van der Waals surface area contributed by atoms with Crippen LogP contribution in [0.25, 0.3) is 66.8 Å². The van der Waals surface area contributed by atoms with E-state index in [-0.39, 0.29) is 1.43 Å². The van der Waals surface area contributed by atoms with Crippen molar-refractivity contribution in [3.63, 3.8) is 0 Å². The summed E-state index contributed by atoms with van der Waals surface area (Å²) < 4.78 is 6.05. The van der Waals surface area contributed by atoms with E-state index in [9.17, 15) is 0 Å². The van der Waals surface area contributed by atoms with Crippen LogP contribution in [0, 0.1) is 0 Å². The van der Waals surface area contributed by atoms with Gasteiger partial charge in [0.25, 0.3) is 0 Å². The van der Waals surface area contributed by atoms with Gasteiger partial charge in [-0.3, -0.25) is 0 Å². The minimum Gasteiger partial charge on any atom is -0.456 e. The van der Waals surface area contributed by atoms with Gasteiger partial charge in [0.1, 0.15) is 11.0 Å². The lowest BCUT2D eigenvalue weighted by atomic mass is 9.99. The lowest BCUT2D eigenvalue weighted by Gasteiger charge is -2.04. The molecule has 6 aromatic rings. The molecule has 7 rings (SSSR count). The Morgan fingerprint density at radius 1 is 0.700 bits per heavy atom. The Kier molecular flexibility index (Phi) is 3.14. The number of rotatable bonds is 1. The molecule has 0 unspecified atom stereocenters. The Labute approximate surface area is 174 Å². The van der Waals surface area contributed by atoms with Crippen LogP contribution in [0.3, 0.4) is 0 Å². The second-order valence-electron chi connectivity index (χ2n) is 8.17. The van der Waals surface area contributed by atoms with E-state index in [1.807, 2.05) is 0 Å². The van der Waals surface area contributed by atoms with Gasteiger partial charge in [-0.2, -0.15) is 0 Å². The average Bonchev–Trinajstić information content (AvgIpc) is 3.36. The monoisotopic (exact) mass is 387 g/mol. The summed E-state index contributed by atoms with van der Waals surface area (Å²) >= 11 is 0. The van der Waals surface area contributed by atoms with Crippen LogP contribution in [-0.2, 0) is 0 Å². The lowest BCUT2D eigenvalue weighted by Crippen LogP contribution is -2.22. The molecular formula is C28H21NO. The molecule has 144 valence electrons. The molecular weight excluding hydrogens is 366 g/mol. The van der Waals surface area contributed by atoms with Crippen molar-refractivity contribution in [3.05, 3.63) is 83.4 Å². The van der Waals surface area contributed by atoms with Gasteiger partial charge >= 0.3 is 0 Å². The highest BCUT2D eigenvalue weighted by atomic mass is 16.3. The number of fused-ring (bicyclic) bond motifs is 8. The molecule has 0 saturated heterocycles.